The first-order valence-corrected chi connectivity index (χ1v) is 7.00. The van der Waals surface area contributed by atoms with Gasteiger partial charge in [0.15, 0.2) is 0 Å². The van der Waals surface area contributed by atoms with Crippen LogP contribution in [0.1, 0.15) is 17.0 Å². The molecule has 4 heteroatoms. The van der Waals surface area contributed by atoms with Gasteiger partial charge in [-0.1, -0.05) is 36.0 Å². The van der Waals surface area contributed by atoms with Crippen LogP contribution < -0.4 is 5.73 Å². The number of nitriles is 1. The Bertz CT molecular complexity index is 656. The third-order valence-corrected chi connectivity index (χ3v) is 3.96. The van der Waals surface area contributed by atoms with Crippen molar-refractivity contribution in [3.63, 3.8) is 0 Å². The van der Waals surface area contributed by atoms with Crippen LogP contribution in [0.2, 0.25) is 0 Å². The summed E-state index contributed by atoms with van der Waals surface area (Å²) >= 11 is 1.29. The molecule has 0 saturated carbocycles. The van der Waals surface area contributed by atoms with Crippen LogP contribution in [-0.4, -0.2) is 5.04 Å². The van der Waals surface area contributed by atoms with E-state index in [1.54, 1.807) is 12.1 Å². The van der Waals surface area contributed by atoms with Crippen molar-refractivity contribution in [2.24, 2.45) is 0 Å². The molecule has 0 aromatic heterocycles. The summed E-state index contributed by atoms with van der Waals surface area (Å²) < 4.78 is 0. The predicted octanol–water partition coefficient (Wildman–Crippen LogP) is 3.95. The quantitative estimate of drug-likeness (QED) is 0.387. The van der Waals surface area contributed by atoms with Crippen LogP contribution in [0.4, 0.5) is 5.69 Å². The monoisotopic (exact) mass is 281 g/mol. The lowest BCUT2D eigenvalue weighted by Crippen LogP contribution is -2.07. The van der Waals surface area contributed by atoms with Gasteiger partial charge in [0.25, 0.3) is 0 Å². The number of nitrogen functional groups attached to an aromatic ring is 1. The second-order valence-electron chi connectivity index (χ2n) is 4.45. The molecule has 0 aliphatic rings. The Hall–Kier alpha value is -2.25. The lowest BCUT2D eigenvalue weighted by molar-refractivity contribution is 1.12. The number of hydrogen-bond donors (Lipinski definition) is 2. The minimum Gasteiger partial charge on any atom is -0.399 e. The summed E-state index contributed by atoms with van der Waals surface area (Å²) in [6, 6.07) is 17.2. The van der Waals surface area contributed by atoms with E-state index in [9.17, 15) is 5.26 Å². The highest BCUT2D eigenvalue weighted by Crippen LogP contribution is 2.29. The number of benzene rings is 2. The maximum Gasteiger partial charge on any atom is 0.119 e. The summed E-state index contributed by atoms with van der Waals surface area (Å²) in [5, 5.41) is 17.9. The molecule has 0 aliphatic heterocycles. The SMILES string of the molecule is Cc1ccccc1C(C#N)C(=N)Sc1ccc(N)cc1. The fraction of sp³-hybridized carbons (Fsp3) is 0.125. The van der Waals surface area contributed by atoms with Crippen LogP contribution in [0.3, 0.4) is 0 Å². The molecular formula is C16H15N3S. The van der Waals surface area contributed by atoms with E-state index in [2.05, 4.69) is 6.07 Å². The van der Waals surface area contributed by atoms with Gasteiger partial charge in [0.1, 0.15) is 5.92 Å². The lowest BCUT2D eigenvalue weighted by Gasteiger charge is -2.13. The molecule has 1 atom stereocenters. The normalized spacial score (nSPS) is 11.6. The smallest absolute Gasteiger partial charge is 0.119 e. The molecule has 0 spiro atoms. The second kappa shape index (κ2) is 6.27. The molecule has 0 saturated heterocycles. The highest BCUT2D eigenvalue weighted by atomic mass is 32.2. The van der Waals surface area contributed by atoms with E-state index in [0.717, 1.165) is 16.0 Å². The number of nitrogens with one attached hydrogen (secondary N) is 1. The van der Waals surface area contributed by atoms with Gasteiger partial charge < -0.3 is 5.73 Å². The Morgan fingerprint density at radius 2 is 1.85 bits per heavy atom. The Kier molecular flexibility index (Phi) is 4.44. The van der Waals surface area contributed by atoms with Crippen molar-refractivity contribution in [1.82, 2.24) is 0 Å². The predicted molar refractivity (Wildman–Crippen MR) is 84.0 cm³/mol. The highest BCUT2D eigenvalue weighted by molar-refractivity contribution is 8.14. The van der Waals surface area contributed by atoms with E-state index in [4.69, 9.17) is 11.1 Å². The van der Waals surface area contributed by atoms with Gasteiger partial charge in [0.2, 0.25) is 0 Å². The molecule has 0 radical (unpaired) electrons. The third-order valence-electron chi connectivity index (χ3n) is 3.00. The van der Waals surface area contributed by atoms with E-state index in [1.807, 2.05) is 43.3 Å². The maximum absolute atomic E-state index is 9.37. The van der Waals surface area contributed by atoms with Crippen LogP contribution in [0.25, 0.3) is 0 Å². The van der Waals surface area contributed by atoms with Gasteiger partial charge in [-0.3, -0.25) is 5.41 Å². The van der Waals surface area contributed by atoms with Crippen LogP contribution in [0, 0.1) is 23.7 Å². The van der Waals surface area contributed by atoms with Crippen LogP contribution in [0.5, 0.6) is 0 Å². The number of nitrogens with two attached hydrogens (primary N) is 1. The summed E-state index contributed by atoms with van der Waals surface area (Å²) in [4.78, 5) is 0.915. The molecular weight excluding hydrogens is 266 g/mol. The van der Waals surface area contributed by atoms with E-state index < -0.39 is 5.92 Å². The summed E-state index contributed by atoms with van der Waals surface area (Å²) in [5.41, 5.74) is 8.25. The number of rotatable bonds is 3. The fourth-order valence-electron chi connectivity index (χ4n) is 1.90. The van der Waals surface area contributed by atoms with Crippen molar-refractivity contribution in [2.45, 2.75) is 17.7 Å². The molecule has 0 aliphatic carbocycles. The van der Waals surface area contributed by atoms with Crippen molar-refractivity contribution in [3.05, 3.63) is 59.7 Å². The number of anilines is 1. The zero-order valence-electron chi connectivity index (χ0n) is 11.1. The zero-order chi connectivity index (χ0) is 14.5. The van der Waals surface area contributed by atoms with Gasteiger partial charge in [-0.2, -0.15) is 5.26 Å². The lowest BCUT2D eigenvalue weighted by atomic mass is 9.97. The molecule has 0 bridgehead atoms. The molecule has 2 aromatic rings. The van der Waals surface area contributed by atoms with Gasteiger partial charge in [0.05, 0.1) is 11.1 Å². The molecule has 3 N–H and O–H groups in total. The van der Waals surface area contributed by atoms with Gasteiger partial charge in [0, 0.05) is 10.6 Å². The number of hydrogen-bond acceptors (Lipinski definition) is 4. The summed E-state index contributed by atoms with van der Waals surface area (Å²) in [5.74, 6) is -0.529. The van der Waals surface area contributed by atoms with E-state index in [-0.39, 0.29) is 0 Å². The Balaban J connectivity index is 2.21. The Labute approximate surface area is 122 Å². The molecule has 1 unspecified atom stereocenters. The molecule has 0 fully saturated rings. The molecule has 20 heavy (non-hydrogen) atoms. The van der Waals surface area contributed by atoms with E-state index in [0.29, 0.717) is 10.7 Å². The average molecular weight is 281 g/mol. The van der Waals surface area contributed by atoms with E-state index in [1.165, 1.54) is 11.8 Å². The number of aryl methyl sites for hydroxylation is 1. The molecule has 0 heterocycles. The Morgan fingerprint density at radius 1 is 1.20 bits per heavy atom. The minimum atomic E-state index is -0.529. The van der Waals surface area contributed by atoms with Crippen LogP contribution >= 0.6 is 11.8 Å². The van der Waals surface area contributed by atoms with Crippen molar-refractivity contribution in [3.8, 4) is 6.07 Å². The molecule has 0 amide bonds. The fourth-order valence-corrected chi connectivity index (χ4v) is 2.73. The van der Waals surface area contributed by atoms with E-state index >= 15 is 0 Å². The first-order valence-electron chi connectivity index (χ1n) is 6.19. The summed E-state index contributed by atoms with van der Waals surface area (Å²) in [7, 11) is 0. The van der Waals surface area contributed by atoms with Gasteiger partial charge >= 0.3 is 0 Å². The number of nitrogens with zero attached hydrogens (tertiary/aromatic N) is 1. The largest absolute Gasteiger partial charge is 0.399 e. The van der Waals surface area contributed by atoms with Crippen molar-refractivity contribution in [1.29, 1.82) is 10.7 Å². The van der Waals surface area contributed by atoms with Crippen LogP contribution in [0.15, 0.2) is 53.4 Å². The van der Waals surface area contributed by atoms with Crippen molar-refractivity contribution >= 4 is 22.5 Å². The highest BCUT2D eigenvalue weighted by Gasteiger charge is 2.19. The molecule has 2 aromatic carbocycles. The van der Waals surface area contributed by atoms with Crippen molar-refractivity contribution in [2.75, 3.05) is 5.73 Å². The average Bonchev–Trinajstić information content (AvgIpc) is 2.44. The maximum atomic E-state index is 9.37. The van der Waals surface area contributed by atoms with Crippen molar-refractivity contribution < 1.29 is 0 Å². The molecule has 3 nitrogen and oxygen atoms in total. The summed E-state index contributed by atoms with van der Waals surface area (Å²) in [6.45, 7) is 1.96. The zero-order valence-corrected chi connectivity index (χ0v) is 11.9. The first kappa shape index (κ1) is 14.2. The third kappa shape index (κ3) is 3.19. The molecule has 100 valence electrons. The first-order chi connectivity index (χ1) is 9.61. The number of thioether (sulfide) groups is 1. The van der Waals surface area contributed by atoms with Gasteiger partial charge in [-0.05, 0) is 42.3 Å². The minimum absolute atomic E-state index is 0.326. The Morgan fingerprint density at radius 3 is 2.45 bits per heavy atom. The molecule has 2 rings (SSSR count). The van der Waals surface area contributed by atoms with Gasteiger partial charge in [-0.15, -0.1) is 0 Å². The van der Waals surface area contributed by atoms with Crippen LogP contribution in [-0.2, 0) is 0 Å². The van der Waals surface area contributed by atoms with Gasteiger partial charge in [-0.25, -0.2) is 0 Å². The second-order valence-corrected chi connectivity index (χ2v) is 5.57. The summed E-state index contributed by atoms with van der Waals surface area (Å²) in [6.07, 6.45) is 0. The standard InChI is InChI=1S/C16H15N3S/c1-11-4-2-3-5-14(11)15(10-17)16(19)20-13-8-6-12(18)7-9-13/h2-9,15,19H,18H2,1H3. The topological polar surface area (TPSA) is 73.7 Å².